The summed E-state index contributed by atoms with van der Waals surface area (Å²) in [5, 5.41) is 12.8. The highest BCUT2D eigenvalue weighted by molar-refractivity contribution is 7.10. The van der Waals surface area contributed by atoms with Crippen molar-refractivity contribution < 1.29 is 14.7 Å². The predicted octanol–water partition coefficient (Wildman–Crippen LogP) is 0.871. The summed E-state index contributed by atoms with van der Waals surface area (Å²) in [5.41, 5.74) is 0.119. The molecule has 0 aromatic carbocycles. The second-order valence-corrected chi connectivity index (χ2v) is 4.44. The zero-order valence-electron chi connectivity index (χ0n) is 7.93. The number of carboxylic acid groups (broad SMARTS) is 1. The number of allylic oxidation sites excluding steroid dienone is 1. The Morgan fingerprint density at radius 3 is 2.93 bits per heavy atom. The Bertz CT molecular complexity index is 417. The van der Waals surface area contributed by atoms with E-state index in [9.17, 15) is 14.7 Å². The maximum Gasteiger partial charge on any atom is 0.156 e. The van der Waals surface area contributed by atoms with E-state index in [1.807, 2.05) is 17.5 Å². The molecule has 0 aliphatic heterocycles. The number of carbonyl (C=O) groups excluding carboxylic acids is 2. The van der Waals surface area contributed by atoms with Gasteiger partial charge in [-0.05, 0) is 29.5 Å². The number of aliphatic carboxylic acids is 1. The summed E-state index contributed by atoms with van der Waals surface area (Å²) in [7, 11) is 0. The summed E-state index contributed by atoms with van der Waals surface area (Å²) in [5.74, 6) is -1.53. The molecule has 0 fully saturated rings. The highest BCUT2D eigenvalue weighted by atomic mass is 32.1. The Morgan fingerprint density at radius 1 is 1.53 bits per heavy atom. The van der Waals surface area contributed by atoms with Gasteiger partial charge in [-0.15, -0.1) is 11.3 Å². The van der Waals surface area contributed by atoms with E-state index in [1.54, 1.807) is 0 Å². The molecule has 0 saturated carbocycles. The zero-order valence-corrected chi connectivity index (χ0v) is 8.75. The molecule has 1 aromatic rings. The number of carboxylic acids is 1. The summed E-state index contributed by atoms with van der Waals surface area (Å²) >= 11 is 1.51. The summed E-state index contributed by atoms with van der Waals surface area (Å²) in [4.78, 5) is 23.0. The Balaban J connectivity index is 2.36. The third-order valence-electron chi connectivity index (χ3n) is 2.49. The molecule has 0 radical (unpaired) electrons. The van der Waals surface area contributed by atoms with E-state index in [1.165, 1.54) is 17.4 Å². The lowest BCUT2D eigenvalue weighted by Crippen LogP contribution is -2.30. The van der Waals surface area contributed by atoms with Gasteiger partial charge in [-0.1, -0.05) is 6.07 Å². The van der Waals surface area contributed by atoms with Crippen molar-refractivity contribution in [3.63, 3.8) is 0 Å². The molecule has 1 aliphatic carbocycles. The second-order valence-electron chi connectivity index (χ2n) is 3.46. The maximum atomic E-state index is 11.1. The van der Waals surface area contributed by atoms with Gasteiger partial charge in [0.25, 0.3) is 0 Å². The number of hydrogen-bond acceptors (Lipinski definition) is 4. The molecule has 1 aliphatic rings. The lowest BCUT2D eigenvalue weighted by Gasteiger charge is -2.23. The predicted molar refractivity (Wildman–Crippen MR) is 54.4 cm³/mol. The number of rotatable bonds is 2. The first-order chi connectivity index (χ1) is 7.18. The summed E-state index contributed by atoms with van der Waals surface area (Å²) in [6.45, 7) is 0. The van der Waals surface area contributed by atoms with Crippen LogP contribution in [0.3, 0.4) is 0 Å². The molecule has 0 bridgehead atoms. The SMILES string of the molecule is O=C1C=C(C(=O)[O-])C(c2cccs2)CC1. The van der Waals surface area contributed by atoms with E-state index in [2.05, 4.69) is 0 Å². The van der Waals surface area contributed by atoms with Crippen LogP contribution in [0.4, 0.5) is 0 Å². The average Bonchev–Trinajstić information content (AvgIpc) is 2.70. The van der Waals surface area contributed by atoms with Gasteiger partial charge in [0.15, 0.2) is 5.78 Å². The van der Waals surface area contributed by atoms with Crippen molar-refractivity contribution in [3.8, 4) is 0 Å². The van der Waals surface area contributed by atoms with Crippen molar-refractivity contribution in [1.82, 2.24) is 0 Å². The van der Waals surface area contributed by atoms with E-state index in [0.29, 0.717) is 12.8 Å². The van der Waals surface area contributed by atoms with Crippen molar-refractivity contribution in [2.24, 2.45) is 0 Å². The largest absolute Gasteiger partial charge is 0.545 e. The monoisotopic (exact) mass is 221 g/mol. The van der Waals surface area contributed by atoms with Crippen molar-refractivity contribution >= 4 is 23.1 Å². The molecule has 0 spiro atoms. The van der Waals surface area contributed by atoms with Gasteiger partial charge >= 0.3 is 0 Å². The maximum absolute atomic E-state index is 11.1. The lowest BCUT2D eigenvalue weighted by molar-refractivity contribution is -0.299. The number of thiophene rings is 1. The van der Waals surface area contributed by atoms with E-state index in [-0.39, 0.29) is 17.3 Å². The highest BCUT2D eigenvalue weighted by Gasteiger charge is 2.24. The molecule has 1 heterocycles. The van der Waals surface area contributed by atoms with Gasteiger partial charge in [0.2, 0.25) is 0 Å². The fraction of sp³-hybridized carbons (Fsp3) is 0.273. The fourth-order valence-corrected chi connectivity index (χ4v) is 2.66. The number of ketones is 1. The minimum absolute atomic E-state index is 0.119. The molecule has 2 rings (SSSR count). The number of hydrogen-bond donors (Lipinski definition) is 0. The van der Waals surface area contributed by atoms with Crippen LogP contribution < -0.4 is 5.11 Å². The third kappa shape index (κ3) is 1.99. The Kier molecular flexibility index (Phi) is 2.68. The molecule has 15 heavy (non-hydrogen) atoms. The van der Waals surface area contributed by atoms with Crippen LogP contribution in [0.2, 0.25) is 0 Å². The van der Waals surface area contributed by atoms with Crippen LogP contribution in [0.1, 0.15) is 23.6 Å². The minimum Gasteiger partial charge on any atom is -0.545 e. The Labute approximate surface area is 91.0 Å². The molecule has 4 heteroatoms. The van der Waals surface area contributed by atoms with Crippen molar-refractivity contribution in [1.29, 1.82) is 0 Å². The molecule has 78 valence electrons. The van der Waals surface area contributed by atoms with Gasteiger partial charge in [-0.3, -0.25) is 4.79 Å². The number of carbonyl (C=O) groups is 2. The van der Waals surface area contributed by atoms with Crippen molar-refractivity contribution in [2.75, 3.05) is 0 Å². The van der Waals surface area contributed by atoms with E-state index in [4.69, 9.17) is 0 Å². The quantitative estimate of drug-likeness (QED) is 0.744. The second kappa shape index (κ2) is 3.98. The lowest BCUT2D eigenvalue weighted by atomic mass is 9.86. The standard InChI is InChI=1S/C11H10O3S/c12-7-3-4-8(9(6-7)11(13)14)10-2-1-5-15-10/h1-2,5-6,8H,3-4H2,(H,13,14)/p-1. The first-order valence-corrected chi connectivity index (χ1v) is 5.55. The van der Waals surface area contributed by atoms with Crippen LogP contribution in [0.25, 0.3) is 0 Å². The molecule has 1 aromatic heterocycles. The molecule has 1 unspecified atom stereocenters. The molecule has 0 N–H and O–H groups in total. The normalized spacial score (nSPS) is 21.2. The molecular weight excluding hydrogens is 212 g/mol. The Hall–Kier alpha value is -1.42. The van der Waals surface area contributed by atoms with Gasteiger partial charge < -0.3 is 9.90 Å². The fourth-order valence-electron chi connectivity index (χ4n) is 1.77. The first-order valence-electron chi connectivity index (χ1n) is 4.67. The summed E-state index contributed by atoms with van der Waals surface area (Å²) in [6.07, 6.45) is 2.20. The van der Waals surface area contributed by atoms with Crippen LogP contribution in [0, 0.1) is 0 Å². The van der Waals surface area contributed by atoms with Crippen LogP contribution >= 0.6 is 11.3 Å². The third-order valence-corrected chi connectivity index (χ3v) is 3.48. The minimum atomic E-state index is -1.23. The molecule has 1 atom stereocenters. The van der Waals surface area contributed by atoms with E-state index < -0.39 is 5.97 Å². The smallest absolute Gasteiger partial charge is 0.156 e. The summed E-state index contributed by atoms with van der Waals surface area (Å²) < 4.78 is 0. The Morgan fingerprint density at radius 2 is 2.33 bits per heavy atom. The topological polar surface area (TPSA) is 57.2 Å². The van der Waals surface area contributed by atoms with Gasteiger partial charge in [0.05, 0.1) is 5.97 Å². The van der Waals surface area contributed by atoms with E-state index in [0.717, 1.165) is 4.88 Å². The highest BCUT2D eigenvalue weighted by Crippen LogP contribution is 2.34. The van der Waals surface area contributed by atoms with Crippen LogP contribution in [0.5, 0.6) is 0 Å². The molecular formula is C11H9O3S-. The zero-order chi connectivity index (χ0) is 10.8. The molecule has 0 amide bonds. The van der Waals surface area contributed by atoms with Crippen LogP contribution in [-0.4, -0.2) is 11.8 Å². The summed E-state index contributed by atoms with van der Waals surface area (Å²) in [6, 6.07) is 3.77. The van der Waals surface area contributed by atoms with Crippen molar-refractivity contribution in [3.05, 3.63) is 34.0 Å². The van der Waals surface area contributed by atoms with Crippen LogP contribution in [0.15, 0.2) is 29.2 Å². The van der Waals surface area contributed by atoms with Gasteiger partial charge in [0, 0.05) is 17.2 Å². The van der Waals surface area contributed by atoms with Gasteiger partial charge in [-0.2, -0.15) is 0 Å². The van der Waals surface area contributed by atoms with Gasteiger partial charge in [0.1, 0.15) is 0 Å². The first kappa shape index (κ1) is 10.1. The molecule has 0 saturated heterocycles. The van der Waals surface area contributed by atoms with Crippen LogP contribution in [-0.2, 0) is 9.59 Å². The molecule has 3 nitrogen and oxygen atoms in total. The van der Waals surface area contributed by atoms with E-state index >= 15 is 0 Å². The van der Waals surface area contributed by atoms with Gasteiger partial charge in [-0.25, -0.2) is 0 Å². The average molecular weight is 221 g/mol. The van der Waals surface area contributed by atoms with Crippen molar-refractivity contribution in [2.45, 2.75) is 18.8 Å².